The van der Waals surface area contributed by atoms with Crippen LogP contribution in [0.4, 0.5) is 0 Å². The maximum absolute atomic E-state index is 5.43. The van der Waals surface area contributed by atoms with E-state index in [9.17, 15) is 0 Å². The average Bonchev–Trinajstić information content (AvgIpc) is 2.95. The summed E-state index contributed by atoms with van der Waals surface area (Å²) in [6, 6.07) is 0. The normalized spacial score (nSPS) is 16.8. The zero-order valence-corrected chi connectivity index (χ0v) is 24.4. The summed E-state index contributed by atoms with van der Waals surface area (Å²) in [7, 11) is 0. The van der Waals surface area contributed by atoms with Crippen molar-refractivity contribution in [3.8, 4) is 0 Å². The first kappa shape index (κ1) is 28.8. The van der Waals surface area contributed by atoms with Crippen LogP contribution < -0.4 is 0 Å². The van der Waals surface area contributed by atoms with Crippen molar-refractivity contribution in [3.05, 3.63) is 46.6 Å². The fourth-order valence-electron chi connectivity index (χ4n) is 2.16. The van der Waals surface area contributed by atoms with Crippen LogP contribution in [0, 0.1) is 23.0 Å². The molecule has 0 saturated carbocycles. The van der Waals surface area contributed by atoms with E-state index in [1.165, 1.54) is 22.3 Å². The van der Waals surface area contributed by atoms with E-state index in [0.29, 0.717) is 10.8 Å². The predicted molar refractivity (Wildman–Crippen MR) is 118 cm³/mol. The third-order valence-electron chi connectivity index (χ3n) is 3.82. The summed E-state index contributed by atoms with van der Waals surface area (Å²) in [6.07, 6.45) is 13.2. The van der Waals surface area contributed by atoms with Gasteiger partial charge in [-0.25, -0.2) is 23.3 Å². The topological polar surface area (TPSA) is 0 Å². The molecule has 0 nitrogen and oxygen atoms in total. The van der Waals surface area contributed by atoms with Crippen molar-refractivity contribution in [2.45, 2.75) is 81.3 Å². The van der Waals surface area contributed by atoms with Gasteiger partial charge in [-0.2, -0.15) is 11.1 Å². The van der Waals surface area contributed by atoms with Gasteiger partial charge < -0.3 is 0 Å². The van der Waals surface area contributed by atoms with Gasteiger partial charge in [0.25, 0.3) is 0 Å². The average molecular weight is 578 g/mol. The van der Waals surface area contributed by atoms with Crippen molar-refractivity contribution in [1.82, 2.24) is 0 Å². The molecule has 0 N–H and O–H groups in total. The van der Waals surface area contributed by atoms with E-state index in [4.69, 9.17) is 22.2 Å². The number of rotatable bonds is 0. The van der Waals surface area contributed by atoms with Gasteiger partial charge in [0.1, 0.15) is 0 Å². The molecular formula is C22H36Cl2HfSi-2. The van der Waals surface area contributed by atoms with Crippen molar-refractivity contribution in [2.24, 2.45) is 10.8 Å². The summed E-state index contributed by atoms with van der Waals surface area (Å²) in [5.74, 6) is 0. The standard InChI is InChI=1S/2C10H15.C2H6Cl2Si.Hf/c2*1-8-5-6-9(7-8)10(2,3)4;1-5(2,3)4;/h2*7H,6H2,1-4H3;1-2H3;/q2*-1;;. The van der Waals surface area contributed by atoms with E-state index in [2.05, 4.69) is 79.7 Å². The summed E-state index contributed by atoms with van der Waals surface area (Å²) in [4.78, 5) is 0. The monoisotopic (exact) mass is 578 g/mol. The fraction of sp³-hybridized carbons (Fsp3) is 0.636. The molecule has 26 heavy (non-hydrogen) atoms. The Morgan fingerprint density at radius 2 is 1.00 bits per heavy atom. The first-order valence-electron chi connectivity index (χ1n) is 8.95. The van der Waals surface area contributed by atoms with E-state index < -0.39 is 6.69 Å². The van der Waals surface area contributed by atoms with Gasteiger partial charge in [0.15, 0.2) is 0 Å². The fourth-order valence-corrected chi connectivity index (χ4v) is 2.16. The van der Waals surface area contributed by atoms with Crippen LogP contribution >= 0.6 is 22.2 Å². The molecule has 0 heterocycles. The van der Waals surface area contributed by atoms with Crippen molar-refractivity contribution < 1.29 is 25.8 Å². The molecule has 0 aromatic heterocycles. The van der Waals surface area contributed by atoms with E-state index in [1.54, 1.807) is 0 Å². The van der Waals surface area contributed by atoms with Gasteiger partial charge >= 0.3 is 0 Å². The molecular weight excluding hydrogens is 542 g/mol. The molecule has 0 aromatic carbocycles. The van der Waals surface area contributed by atoms with Gasteiger partial charge in [-0.05, 0) is 23.9 Å². The first-order chi connectivity index (χ1) is 11.0. The summed E-state index contributed by atoms with van der Waals surface area (Å²) >= 11 is 10.9. The van der Waals surface area contributed by atoms with Gasteiger partial charge in [-0.15, -0.1) is 35.0 Å². The van der Waals surface area contributed by atoms with Crippen LogP contribution in [0.25, 0.3) is 0 Å². The summed E-state index contributed by atoms with van der Waals surface area (Å²) < 4.78 is 0. The maximum atomic E-state index is 5.43. The van der Waals surface area contributed by atoms with Crippen molar-refractivity contribution in [3.63, 3.8) is 0 Å². The molecule has 0 saturated heterocycles. The second kappa shape index (κ2) is 11.6. The molecule has 0 aliphatic heterocycles. The minimum atomic E-state index is -1.67. The number of halogens is 2. The summed E-state index contributed by atoms with van der Waals surface area (Å²) in [5, 5.41) is 0. The smallest absolute Gasteiger partial charge is 0.245 e. The summed E-state index contributed by atoms with van der Waals surface area (Å²) in [5.41, 5.74) is 6.28. The molecule has 0 atom stereocenters. The second-order valence-electron chi connectivity index (χ2n) is 9.24. The van der Waals surface area contributed by atoms with Crippen LogP contribution in [-0.2, 0) is 25.8 Å². The van der Waals surface area contributed by atoms with Crippen LogP contribution in [0.1, 0.15) is 68.2 Å². The van der Waals surface area contributed by atoms with Crippen molar-refractivity contribution >= 4 is 28.9 Å². The molecule has 0 amide bonds. The zero-order chi connectivity index (χ0) is 20.1. The Bertz CT molecular complexity index is 510. The Hall–Kier alpha value is 0.627. The third-order valence-corrected chi connectivity index (χ3v) is 3.82. The van der Waals surface area contributed by atoms with Gasteiger partial charge in [-0.3, -0.25) is 12.2 Å². The number of allylic oxidation sites excluding steroid dienone is 8. The van der Waals surface area contributed by atoms with Gasteiger partial charge in [-0.1, -0.05) is 55.4 Å². The Labute approximate surface area is 192 Å². The largest absolute Gasteiger partial charge is 0.269 e. The predicted octanol–water partition coefficient (Wildman–Crippen LogP) is 8.39. The zero-order valence-electron chi connectivity index (χ0n) is 18.3. The number of hydrogen-bond donors (Lipinski definition) is 0. The Balaban J connectivity index is 0. The Morgan fingerprint density at radius 3 is 1.08 bits per heavy atom. The molecule has 0 spiro atoms. The van der Waals surface area contributed by atoms with E-state index in [1.807, 2.05) is 13.1 Å². The van der Waals surface area contributed by atoms with E-state index >= 15 is 0 Å². The quantitative estimate of drug-likeness (QED) is 0.154. The minimum Gasteiger partial charge on any atom is -0.269 e. The van der Waals surface area contributed by atoms with Crippen molar-refractivity contribution in [1.29, 1.82) is 0 Å². The minimum absolute atomic E-state index is 0. The molecule has 0 fully saturated rings. The molecule has 4 heteroatoms. The molecule has 148 valence electrons. The van der Waals surface area contributed by atoms with Gasteiger partial charge in [0, 0.05) is 25.8 Å². The molecule has 0 unspecified atom stereocenters. The molecule has 0 radical (unpaired) electrons. The van der Waals surface area contributed by atoms with Crippen molar-refractivity contribution in [2.75, 3.05) is 0 Å². The van der Waals surface area contributed by atoms with E-state index in [0.717, 1.165) is 12.8 Å². The molecule has 2 aliphatic carbocycles. The second-order valence-corrected chi connectivity index (χ2v) is 18.1. The first-order valence-corrected chi connectivity index (χ1v) is 14.0. The SMILES string of the molecule is CC1=[C-]CC(C(C)(C)C)=C1.CC1=[C-]CC(C(C)(C)C)=C1.C[Si](C)(Cl)Cl.[Hf]. The van der Waals surface area contributed by atoms with Crippen LogP contribution in [-0.4, -0.2) is 6.69 Å². The molecule has 2 rings (SSSR count). The van der Waals surface area contributed by atoms with Crippen LogP contribution in [0.5, 0.6) is 0 Å². The summed E-state index contributed by atoms with van der Waals surface area (Å²) in [6.45, 7) is 19.8. The Kier molecular flexibility index (Phi) is 12.8. The number of hydrogen-bond acceptors (Lipinski definition) is 0. The Morgan fingerprint density at radius 1 is 0.769 bits per heavy atom. The molecule has 0 bridgehead atoms. The third kappa shape index (κ3) is 14.7. The van der Waals surface area contributed by atoms with Gasteiger partial charge in [0.2, 0.25) is 6.69 Å². The van der Waals surface area contributed by atoms with Crippen LogP contribution in [0.2, 0.25) is 13.1 Å². The molecule has 2 aliphatic rings. The maximum Gasteiger partial charge on any atom is 0.245 e. The van der Waals surface area contributed by atoms with E-state index in [-0.39, 0.29) is 25.8 Å². The van der Waals surface area contributed by atoms with Gasteiger partial charge in [0.05, 0.1) is 0 Å². The van der Waals surface area contributed by atoms with Crippen LogP contribution in [0.3, 0.4) is 0 Å². The van der Waals surface area contributed by atoms with Crippen LogP contribution in [0.15, 0.2) is 34.4 Å². The molecule has 0 aromatic rings.